The summed E-state index contributed by atoms with van der Waals surface area (Å²) in [6.45, 7) is 5.54. The average molecular weight is 513 g/mol. The summed E-state index contributed by atoms with van der Waals surface area (Å²) in [5.41, 5.74) is 1.75. The largest absolute Gasteiger partial charge is 0.496 e. The van der Waals surface area contributed by atoms with Crippen LogP contribution in [-0.4, -0.2) is 73.1 Å². The summed E-state index contributed by atoms with van der Waals surface area (Å²) in [5, 5.41) is 11.9. The van der Waals surface area contributed by atoms with Crippen LogP contribution in [-0.2, 0) is 20.8 Å². The first-order valence-electron chi connectivity index (χ1n) is 12.9. The van der Waals surface area contributed by atoms with Crippen LogP contribution in [0.2, 0.25) is 0 Å². The second kappa shape index (κ2) is 12.3. The van der Waals surface area contributed by atoms with Crippen molar-refractivity contribution in [1.29, 1.82) is 0 Å². The van der Waals surface area contributed by atoms with Crippen LogP contribution in [0.3, 0.4) is 0 Å². The maximum atomic E-state index is 13.3. The smallest absolute Gasteiger partial charge is 0.308 e. The molecule has 37 heavy (non-hydrogen) atoms. The number of likely N-dealkylation sites (tertiary alicyclic amines) is 1. The SMILES string of the molecule is CCCON(CCC)C(=O)CN1C[C@H](c2ccc3c(c2)OCO3)[C@@H](C(=O)O)[C@@H]1Cc1ccccc1OC. The molecule has 1 amide bonds. The molecule has 2 aromatic carbocycles. The van der Waals surface area contributed by atoms with Gasteiger partial charge >= 0.3 is 5.97 Å². The lowest BCUT2D eigenvalue weighted by atomic mass is 9.83. The molecule has 0 saturated carbocycles. The van der Waals surface area contributed by atoms with Gasteiger partial charge in [-0.05, 0) is 48.6 Å². The van der Waals surface area contributed by atoms with Crippen molar-refractivity contribution in [3.63, 3.8) is 0 Å². The number of para-hydroxylation sites is 1. The van der Waals surface area contributed by atoms with Crippen LogP contribution < -0.4 is 14.2 Å². The van der Waals surface area contributed by atoms with Gasteiger partial charge in [-0.25, -0.2) is 5.06 Å². The highest BCUT2D eigenvalue weighted by Crippen LogP contribution is 2.43. The number of carboxylic acids is 1. The van der Waals surface area contributed by atoms with E-state index in [0.717, 1.165) is 24.0 Å². The van der Waals surface area contributed by atoms with E-state index < -0.39 is 17.9 Å². The number of carbonyl (C=O) groups excluding carboxylic acids is 1. The molecule has 1 saturated heterocycles. The van der Waals surface area contributed by atoms with Crippen molar-refractivity contribution in [3.05, 3.63) is 53.6 Å². The van der Waals surface area contributed by atoms with E-state index in [0.29, 0.717) is 43.4 Å². The van der Waals surface area contributed by atoms with E-state index in [1.165, 1.54) is 5.06 Å². The molecule has 0 aromatic heterocycles. The fraction of sp³-hybridized carbons (Fsp3) is 0.500. The number of hydroxylamine groups is 2. The molecular formula is C28H36N2O7. The molecule has 2 aromatic rings. The third-order valence-corrected chi connectivity index (χ3v) is 6.97. The Kier molecular flexibility index (Phi) is 8.89. The number of aliphatic carboxylic acids is 1. The molecule has 2 aliphatic heterocycles. The minimum absolute atomic E-state index is 0.0639. The van der Waals surface area contributed by atoms with Gasteiger partial charge in [0.1, 0.15) is 5.75 Å². The number of methoxy groups -OCH3 is 1. The van der Waals surface area contributed by atoms with Gasteiger partial charge in [-0.1, -0.05) is 38.1 Å². The van der Waals surface area contributed by atoms with E-state index in [9.17, 15) is 14.7 Å². The van der Waals surface area contributed by atoms with Gasteiger partial charge in [0.25, 0.3) is 5.91 Å². The van der Waals surface area contributed by atoms with E-state index in [1.807, 2.05) is 61.2 Å². The normalized spacial score (nSPS) is 20.7. The first kappa shape index (κ1) is 26.8. The first-order chi connectivity index (χ1) is 18.0. The predicted octanol–water partition coefficient (Wildman–Crippen LogP) is 3.72. The van der Waals surface area contributed by atoms with Gasteiger partial charge in [-0.15, -0.1) is 0 Å². The first-order valence-corrected chi connectivity index (χ1v) is 12.9. The highest BCUT2D eigenvalue weighted by molar-refractivity contribution is 5.78. The van der Waals surface area contributed by atoms with Gasteiger partial charge < -0.3 is 19.3 Å². The Bertz CT molecular complexity index is 1090. The van der Waals surface area contributed by atoms with Crippen LogP contribution in [0.5, 0.6) is 17.2 Å². The molecule has 0 bridgehead atoms. The summed E-state index contributed by atoms with van der Waals surface area (Å²) in [7, 11) is 1.60. The number of ether oxygens (including phenoxy) is 3. The molecule has 1 N–H and O–H groups in total. The summed E-state index contributed by atoms with van der Waals surface area (Å²) in [4.78, 5) is 33.8. The van der Waals surface area contributed by atoms with Crippen LogP contribution in [0.25, 0.3) is 0 Å². The van der Waals surface area contributed by atoms with E-state index in [-0.39, 0.29) is 25.2 Å². The number of rotatable bonds is 12. The molecule has 0 radical (unpaired) electrons. The minimum Gasteiger partial charge on any atom is -0.496 e. The van der Waals surface area contributed by atoms with Crippen molar-refractivity contribution < 1.29 is 33.7 Å². The number of fused-ring (bicyclic) bond motifs is 1. The number of carbonyl (C=O) groups is 2. The Morgan fingerprint density at radius 1 is 1.11 bits per heavy atom. The van der Waals surface area contributed by atoms with Crippen LogP contribution in [0.15, 0.2) is 42.5 Å². The molecule has 0 aliphatic carbocycles. The number of benzene rings is 2. The predicted molar refractivity (Wildman–Crippen MR) is 137 cm³/mol. The van der Waals surface area contributed by atoms with E-state index in [2.05, 4.69) is 0 Å². The minimum atomic E-state index is -0.898. The Balaban J connectivity index is 1.66. The van der Waals surface area contributed by atoms with Crippen molar-refractivity contribution in [2.45, 2.75) is 45.1 Å². The van der Waals surface area contributed by atoms with Crippen LogP contribution >= 0.6 is 0 Å². The van der Waals surface area contributed by atoms with E-state index >= 15 is 0 Å². The summed E-state index contributed by atoms with van der Waals surface area (Å²) in [5.74, 6) is -0.191. The second-order valence-electron chi connectivity index (χ2n) is 9.43. The maximum absolute atomic E-state index is 13.3. The van der Waals surface area contributed by atoms with Crippen molar-refractivity contribution in [2.24, 2.45) is 5.92 Å². The molecule has 9 nitrogen and oxygen atoms in total. The molecule has 1 fully saturated rings. The molecule has 0 unspecified atom stereocenters. The van der Waals surface area contributed by atoms with Gasteiger partial charge in [0, 0.05) is 25.0 Å². The van der Waals surface area contributed by atoms with Crippen molar-refractivity contribution >= 4 is 11.9 Å². The molecule has 3 atom stereocenters. The lowest BCUT2D eigenvalue weighted by molar-refractivity contribution is -0.188. The van der Waals surface area contributed by atoms with Gasteiger partial charge in [0.15, 0.2) is 11.5 Å². The zero-order valence-electron chi connectivity index (χ0n) is 21.7. The zero-order chi connectivity index (χ0) is 26.4. The monoisotopic (exact) mass is 512 g/mol. The van der Waals surface area contributed by atoms with Crippen molar-refractivity contribution in [3.8, 4) is 17.2 Å². The fourth-order valence-corrected chi connectivity index (χ4v) is 5.24. The van der Waals surface area contributed by atoms with Crippen molar-refractivity contribution in [2.75, 3.05) is 40.1 Å². The number of carboxylic acid groups (broad SMARTS) is 1. The summed E-state index contributed by atoms with van der Waals surface area (Å²) >= 11 is 0. The summed E-state index contributed by atoms with van der Waals surface area (Å²) < 4.78 is 16.6. The molecule has 2 aliphatic rings. The Morgan fingerprint density at radius 2 is 1.89 bits per heavy atom. The van der Waals surface area contributed by atoms with Crippen LogP contribution in [0, 0.1) is 5.92 Å². The lowest BCUT2D eigenvalue weighted by Gasteiger charge is -2.29. The number of amides is 1. The Labute approximate surface area is 217 Å². The lowest BCUT2D eigenvalue weighted by Crippen LogP contribution is -2.45. The van der Waals surface area contributed by atoms with Gasteiger partial charge in [-0.3, -0.25) is 19.3 Å². The highest BCUT2D eigenvalue weighted by atomic mass is 16.7. The standard InChI is InChI=1S/C28H36N2O7/c1-4-12-30(37-13-5-2)26(31)17-29-16-21(19-10-11-24-25(15-19)36-18-35-24)27(28(32)33)22(29)14-20-8-6-7-9-23(20)34-3/h6-11,15,21-22,27H,4-5,12-14,16-18H2,1-3H3,(H,32,33)/t21-,22+,27-/m1/s1. The van der Waals surface area contributed by atoms with Crippen LogP contribution in [0.1, 0.15) is 43.7 Å². The number of nitrogens with zero attached hydrogens (tertiary/aromatic N) is 2. The second-order valence-corrected chi connectivity index (χ2v) is 9.43. The maximum Gasteiger partial charge on any atom is 0.308 e. The zero-order valence-corrected chi connectivity index (χ0v) is 21.7. The molecule has 0 spiro atoms. The Morgan fingerprint density at radius 3 is 2.62 bits per heavy atom. The highest BCUT2D eigenvalue weighted by Gasteiger charge is 2.47. The van der Waals surface area contributed by atoms with E-state index in [4.69, 9.17) is 19.0 Å². The van der Waals surface area contributed by atoms with Gasteiger partial charge in [-0.2, -0.15) is 0 Å². The summed E-state index contributed by atoms with van der Waals surface area (Å²) in [6, 6.07) is 12.8. The number of hydrogen-bond acceptors (Lipinski definition) is 7. The molecule has 2 heterocycles. The quantitative estimate of drug-likeness (QED) is 0.430. The topological polar surface area (TPSA) is 97.8 Å². The molecule has 9 heteroatoms. The van der Waals surface area contributed by atoms with Crippen LogP contribution in [0.4, 0.5) is 0 Å². The van der Waals surface area contributed by atoms with E-state index in [1.54, 1.807) is 7.11 Å². The summed E-state index contributed by atoms with van der Waals surface area (Å²) in [6.07, 6.45) is 1.98. The van der Waals surface area contributed by atoms with Crippen molar-refractivity contribution in [1.82, 2.24) is 9.96 Å². The molecule has 4 rings (SSSR count). The third kappa shape index (κ3) is 5.99. The van der Waals surface area contributed by atoms with Gasteiger partial charge in [0.2, 0.25) is 6.79 Å². The fourth-order valence-electron chi connectivity index (χ4n) is 5.24. The Hall–Kier alpha value is -3.30. The number of hydrogen-bond donors (Lipinski definition) is 1. The third-order valence-electron chi connectivity index (χ3n) is 6.97. The molecular weight excluding hydrogens is 476 g/mol. The average Bonchev–Trinajstić information content (AvgIpc) is 3.51. The van der Waals surface area contributed by atoms with Gasteiger partial charge in [0.05, 0.1) is 26.2 Å². The molecule has 200 valence electrons.